The monoisotopic (exact) mass is 524 g/mol. The molecule has 3 aromatic rings. The first kappa shape index (κ1) is 24.5. The van der Waals surface area contributed by atoms with Crippen molar-refractivity contribution < 1.29 is 32.8 Å². The summed E-state index contributed by atoms with van der Waals surface area (Å²) in [7, 11) is 0. The van der Waals surface area contributed by atoms with Crippen LogP contribution in [0.5, 0.6) is 0 Å². The van der Waals surface area contributed by atoms with Gasteiger partial charge in [-0.3, -0.25) is 10.1 Å². The fourth-order valence-corrected chi connectivity index (χ4v) is 4.45. The van der Waals surface area contributed by atoms with Gasteiger partial charge in [0, 0.05) is 27.6 Å². The number of oxime groups is 1. The van der Waals surface area contributed by atoms with Crippen LogP contribution in [0, 0.1) is 10.1 Å². The van der Waals surface area contributed by atoms with E-state index in [4.69, 9.17) is 28.0 Å². The van der Waals surface area contributed by atoms with Gasteiger partial charge in [-0.2, -0.15) is 13.2 Å². The second-order valence-electron chi connectivity index (χ2n) is 7.60. The number of nitro benzene ring substituents is 1. The van der Waals surface area contributed by atoms with Crippen LogP contribution in [0.2, 0.25) is 10.0 Å². The Labute approximate surface area is 205 Å². The lowest BCUT2D eigenvalue weighted by Gasteiger charge is -2.29. The van der Waals surface area contributed by atoms with Crippen molar-refractivity contribution in [3.8, 4) is 11.1 Å². The van der Waals surface area contributed by atoms with E-state index in [1.165, 1.54) is 24.3 Å². The number of rotatable bonds is 5. The smallest absolute Gasteiger partial charge is 0.435 e. The minimum Gasteiger partial charge on any atom is -0.477 e. The molecule has 35 heavy (non-hydrogen) atoms. The van der Waals surface area contributed by atoms with E-state index in [0.717, 1.165) is 18.2 Å². The summed E-state index contributed by atoms with van der Waals surface area (Å²) in [6.45, 7) is 0. The average Bonchev–Trinajstić information content (AvgIpc) is 3.25. The van der Waals surface area contributed by atoms with E-state index in [-0.39, 0.29) is 32.4 Å². The molecular weight excluding hydrogens is 512 g/mol. The van der Waals surface area contributed by atoms with Crippen LogP contribution in [-0.2, 0) is 10.4 Å². The van der Waals surface area contributed by atoms with Gasteiger partial charge in [-0.05, 0) is 29.8 Å². The lowest BCUT2D eigenvalue weighted by molar-refractivity contribution is -0.384. The number of aromatic carboxylic acids is 1. The molecule has 0 saturated carbocycles. The van der Waals surface area contributed by atoms with Gasteiger partial charge in [0.25, 0.3) is 11.3 Å². The molecule has 1 aliphatic rings. The van der Waals surface area contributed by atoms with Gasteiger partial charge in [-0.15, -0.1) is 0 Å². The molecule has 0 bridgehead atoms. The van der Waals surface area contributed by atoms with E-state index in [1.807, 2.05) is 0 Å². The van der Waals surface area contributed by atoms with E-state index in [0.29, 0.717) is 0 Å². The molecule has 0 amide bonds. The molecule has 0 spiro atoms. The van der Waals surface area contributed by atoms with E-state index in [1.54, 1.807) is 18.2 Å². The Bertz CT molecular complexity index is 1360. The molecule has 0 radical (unpaired) electrons. The molecule has 3 aromatic carbocycles. The third-order valence-corrected chi connectivity index (χ3v) is 5.92. The van der Waals surface area contributed by atoms with Crippen LogP contribution in [0.25, 0.3) is 11.1 Å². The molecule has 1 atom stereocenters. The molecule has 1 aliphatic heterocycles. The molecule has 1 N–H and O–H groups in total. The average molecular weight is 525 g/mol. The minimum absolute atomic E-state index is 0.0559. The predicted molar refractivity (Wildman–Crippen MR) is 122 cm³/mol. The quantitative estimate of drug-likeness (QED) is 0.290. The van der Waals surface area contributed by atoms with Crippen LogP contribution in [0.1, 0.15) is 27.9 Å². The minimum atomic E-state index is -4.98. The fourth-order valence-electron chi connectivity index (χ4n) is 3.93. The summed E-state index contributed by atoms with van der Waals surface area (Å²) in [5, 5.41) is 25.0. The van der Waals surface area contributed by atoms with Crippen LogP contribution < -0.4 is 0 Å². The predicted octanol–water partition coefficient (Wildman–Crippen LogP) is 6.85. The summed E-state index contributed by atoms with van der Waals surface area (Å²) >= 11 is 11.9. The van der Waals surface area contributed by atoms with Gasteiger partial charge < -0.3 is 9.94 Å². The Morgan fingerprint density at radius 2 is 1.71 bits per heavy atom. The van der Waals surface area contributed by atoms with E-state index in [2.05, 4.69) is 5.16 Å². The largest absolute Gasteiger partial charge is 0.477 e. The van der Waals surface area contributed by atoms with Gasteiger partial charge in [-0.1, -0.05) is 64.8 Å². The van der Waals surface area contributed by atoms with Crippen LogP contribution >= 0.6 is 23.2 Å². The topological polar surface area (TPSA) is 102 Å². The number of alkyl halides is 3. The summed E-state index contributed by atoms with van der Waals surface area (Å²) in [5.74, 6) is -1.57. The number of benzene rings is 3. The second kappa shape index (κ2) is 8.86. The Kier molecular flexibility index (Phi) is 6.20. The molecule has 180 valence electrons. The maximum absolute atomic E-state index is 14.4. The van der Waals surface area contributed by atoms with Crippen LogP contribution in [-0.4, -0.2) is 27.9 Å². The Morgan fingerprint density at radius 1 is 1.09 bits per heavy atom. The summed E-state index contributed by atoms with van der Waals surface area (Å²) in [5.41, 5.74) is -5.09. The third kappa shape index (κ3) is 4.30. The summed E-state index contributed by atoms with van der Waals surface area (Å²) in [4.78, 5) is 27.7. The van der Waals surface area contributed by atoms with Crippen molar-refractivity contribution in [2.24, 2.45) is 5.16 Å². The summed E-state index contributed by atoms with van der Waals surface area (Å²) in [6.07, 6.45) is -5.84. The number of hydrogen-bond acceptors (Lipinski definition) is 5. The number of carboxylic acid groups (broad SMARTS) is 1. The van der Waals surface area contributed by atoms with Crippen molar-refractivity contribution in [3.63, 3.8) is 0 Å². The van der Waals surface area contributed by atoms with Crippen molar-refractivity contribution in [1.29, 1.82) is 0 Å². The van der Waals surface area contributed by atoms with Gasteiger partial charge >= 0.3 is 12.1 Å². The van der Waals surface area contributed by atoms with Crippen LogP contribution in [0.3, 0.4) is 0 Å². The second-order valence-corrected chi connectivity index (χ2v) is 8.47. The Balaban J connectivity index is 1.94. The van der Waals surface area contributed by atoms with E-state index < -0.39 is 45.9 Å². The first-order valence-corrected chi connectivity index (χ1v) is 10.6. The molecule has 1 heterocycles. The molecule has 12 heteroatoms. The third-order valence-electron chi connectivity index (χ3n) is 5.48. The molecule has 7 nitrogen and oxygen atoms in total. The first-order valence-electron chi connectivity index (χ1n) is 9.83. The van der Waals surface area contributed by atoms with Crippen molar-refractivity contribution in [2.75, 3.05) is 0 Å². The van der Waals surface area contributed by atoms with Gasteiger partial charge in [-0.25, -0.2) is 4.79 Å². The van der Waals surface area contributed by atoms with Gasteiger partial charge in [0.15, 0.2) is 0 Å². The lowest BCUT2D eigenvalue weighted by Crippen LogP contribution is -2.42. The van der Waals surface area contributed by atoms with Crippen LogP contribution in [0.15, 0.2) is 65.8 Å². The standard InChI is InChI=1S/C23H13Cl2F3N2O5/c24-14-8-13(9-15(25)10-14)22(23(26,27)28)11-18(29-35-22)16-6-7-17(21(31)32)20(30(33)34)19(16)12-4-2-1-3-5-12/h1-10H,11H2,(H,31,32). The summed E-state index contributed by atoms with van der Waals surface area (Å²) < 4.78 is 43.2. The highest BCUT2D eigenvalue weighted by molar-refractivity contribution is 6.34. The number of nitro groups is 1. The molecule has 0 aliphatic carbocycles. The normalized spacial score (nSPS) is 17.6. The van der Waals surface area contributed by atoms with Gasteiger partial charge in [0.2, 0.25) is 0 Å². The molecular formula is C23H13Cl2F3N2O5. The number of halogens is 5. The fraction of sp³-hybridized carbons (Fsp3) is 0.130. The number of carboxylic acids is 1. The van der Waals surface area contributed by atoms with Crippen molar-refractivity contribution in [2.45, 2.75) is 18.2 Å². The summed E-state index contributed by atoms with van der Waals surface area (Å²) in [6, 6.07) is 13.2. The molecule has 0 aromatic heterocycles. The highest BCUT2D eigenvalue weighted by Gasteiger charge is 2.62. The van der Waals surface area contributed by atoms with Crippen molar-refractivity contribution in [1.82, 2.24) is 0 Å². The van der Waals surface area contributed by atoms with Crippen molar-refractivity contribution >= 4 is 40.6 Å². The first-order chi connectivity index (χ1) is 16.4. The van der Waals surface area contributed by atoms with Gasteiger partial charge in [0.1, 0.15) is 5.56 Å². The van der Waals surface area contributed by atoms with E-state index >= 15 is 0 Å². The molecule has 0 fully saturated rings. The number of hydrogen-bond donors (Lipinski definition) is 1. The molecule has 1 unspecified atom stereocenters. The zero-order valence-corrected chi connectivity index (χ0v) is 18.9. The maximum Gasteiger partial charge on any atom is 0.435 e. The Morgan fingerprint density at radius 3 is 2.26 bits per heavy atom. The zero-order chi connectivity index (χ0) is 25.5. The molecule has 0 saturated heterocycles. The SMILES string of the molecule is O=C(O)c1ccc(C2=NOC(c3cc(Cl)cc(Cl)c3)(C(F)(F)F)C2)c(-c2ccccc2)c1[N+](=O)[O-]. The van der Waals surface area contributed by atoms with Crippen molar-refractivity contribution in [3.05, 3.63) is 97.5 Å². The van der Waals surface area contributed by atoms with Crippen LogP contribution in [0.4, 0.5) is 18.9 Å². The van der Waals surface area contributed by atoms with E-state index in [9.17, 15) is 33.2 Å². The maximum atomic E-state index is 14.4. The lowest BCUT2D eigenvalue weighted by atomic mass is 9.84. The highest BCUT2D eigenvalue weighted by atomic mass is 35.5. The Hall–Kier alpha value is -3.63. The number of nitrogens with zero attached hydrogens (tertiary/aromatic N) is 2. The number of carbonyl (C=O) groups is 1. The van der Waals surface area contributed by atoms with Gasteiger partial charge in [0.05, 0.1) is 16.2 Å². The highest BCUT2D eigenvalue weighted by Crippen LogP contribution is 2.51. The zero-order valence-electron chi connectivity index (χ0n) is 17.3. The molecule has 4 rings (SSSR count).